The normalized spacial score (nSPS) is 29.2. The SMILES string of the molecule is C=CCO/N=C(\C)c1cc2c(cc1C(C)C)CCC1C(C)(C(=O)O)CCC[C@]21C. The van der Waals surface area contributed by atoms with E-state index in [2.05, 4.69) is 44.6 Å². The van der Waals surface area contributed by atoms with Gasteiger partial charge in [0, 0.05) is 5.56 Å². The molecule has 2 aliphatic rings. The Kier molecular flexibility index (Phi) is 5.93. The van der Waals surface area contributed by atoms with Crippen LogP contribution in [0.25, 0.3) is 0 Å². The van der Waals surface area contributed by atoms with E-state index in [0.717, 1.165) is 43.4 Å². The summed E-state index contributed by atoms with van der Waals surface area (Å²) in [6.45, 7) is 14.7. The summed E-state index contributed by atoms with van der Waals surface area (Å²) in [5, 5.41) is 14.3. The van der Waals surface area contributed by atoms with Crippen LogP contribution >= 0.6 is 0 Å². The fourth-order valence-corrected chi connectivity index (χ4v) is 5.82. The molecule has 29 heavy (non-hydrogen) atoms. The zero-order valence-electron chi connectivity index (χ0n) is 18.5. The molecule has 4 nitrogen and oxygen atoms in total. The van der Waals surface area contributed by atoms with Crippen LogP contribution in [0.3, 0.4) is 0 Å². The molecule has 1 fully saturated rings. The molecule has 0 aliphatic heterocycles. The van der Waals surface area contributed by atoms with E-state index in [1.54, 1.807) is 6.08 Å². The highest BCUT2D eigenvalue weighted by Crippen LogP contribution is 2.57. The zero-order chi connectivity index (χ0) is 21.4. The highest BCUT2D eigenvalue weighted by atomic mass is 16.6. The van der Waals surface area contributed by atoms with E-state index >= 15 is 0 Å². The molecule has 0 heterocycles. The van der Waals surface area contributed by atoms with Gasteiger partial charge < -0.3 is 9.94 Å². The number of benzene rings is 1. The third kappa shape index (κ3) is 3.62. The smallest absolute Gasteiger partial charge is 0.309 e. The third-order valence-electron chi connectivity index (χ3n) is 7.42. The highest BCUT2D eigenvalue weighted by molar-refractivity contribution is 6.00. The standard InChI is InChI=1S/C25H35NO3/c1-7-13-29-26-17(4)20-15-21-18(14-19(20)16(2)3)9-10-22-24(21,5)11-8-12-25(22,6)23(27)28/h7,14-16,22H,1,8-13H2,2-6H3,(H,27,28)/b26-17+/t22?,24-,25?/m1/s1. The van der Waals surface area contributed by atoms with Gasteiger partial charge in [-0.15, -0.1) is 0 Å². The van der Waals surface area contributed by atoms with Crippen molar-refractivity contribution in [2.75, 3.05) is 6.61 Å². The van der Waals surface area contributed by atoms with E-state index in [1.807, 2.05) is 13.8 Å². The van der Waals surface area contributed by atoms with E-state index in [4.69, 9.17) is 4.84 Å². The number of nitrogens with zero attached hydrogens (tertiary/aromatic N) is 1. The van der Waals surface area contributed by atoms with Crippen molar-refractivity contribution < 1.29 is 14.7 Å². The molecule has 0 spiro atoms. The van der Waals surface area contributed by atoms with Crippen LogP contribution in [0.1, 0.15) is 88.5 Å². The Morgan fingerprint density at radius 2 is 2.10 bits per heavy atom. The first-order valence-corrected chi connectivity index (χ1v) is 10.8. The van der Waals surface area contributed by atoms with Gasteiger partial charge in [-0.05, 0) is 79.5 Å². The van der Waals surface area contributed by atoms with Crippen molar-refractivity contribution in [2.45, 2.75) is 78.1 Å². The van der Waals surface area contributed by atoms with Gasteiger partial charge in [0.1, 0.15) is 6.61 Å². The summed E-state index contributed by atoms with van der Waals surface area (Å²) in [4.78, 5) is 17.6. The third-order valence-corrected chi connectivity index (χ3v) is 7.42. The Morgan fingerprint density at radius 1 is 1.38 bits per heavy atom. The van der Waals surface area contributed by atoms with Crippen molar-refractivity contribution in [3.63, 3.8) is 0 Å². The number of hydrogen-bond acceptors (Lipinski definition) is 3. The Morgan fingerprint density at radius 3 is 2.72 bits per heavy atom. The van der Waals surface area contributed by atoms with Crippen molar-refractivity contribution in [1.29, 1.82) is 0 Å². The van der Waals surface area contributed by atoms with Crippen molar-refractivity contribution in [3.05, 3.63) is 47.0 Å². The second kappa shape index (κ2) is 7.97. The monoisotopic (exact) mass is 397 g/mol. The lowest BCUT2D eigenvalue weighted by Crippen LogP contribution is -2.52. The molecule has 1 aromatic rings. The van der Waals surface area contributed by atoms with Crippen LogP contribution in [0.5, 0.6) is 0 Å². The fourth-order valence-electron chi connectivity index (χ4n) is 5.82. The first-order chi connectivity index (χ1) is 13.6. The summed E-state index contributed by atoms with van der Waals surface area (Å²) in [6.07, 6.45) is 6.33. The van der Waals surface area contributed by atoms with Crippen LogP contribution in [0.4, 0.5) is 0 Å². The molecule has 0 aromatic heterocycles. The minimum atomic E-state index is -0.655. The van der Waals surface area contributed by atoms with Crippen LogP contribution in [-0.2, 0) is 21.5 Å². The summed E-state index contributed by atoms with van der Waals surface area (Å²) in [5.41, 5.74) is 5.19. The maximum Gasteiger partial charge on any atom is 0.309 e. The number of rotatable bonds is 6. The van der Waals surface area contributed by atoms with Gasteiger partial charge in [-0.3, -0.25) is 4.79 Å². The molecule has 1 aromatic carbocycles. The topological polar surface area (TPSA) is 58.9 Å². The average molecular weight is 398 g/mol. The molecule has 0 bridgehead atoms. The number of carboxylic acids is 1. The second-order valence-electron chi connectivity index (χ2n) is 9.60. The molecule has 1 N–H and O–H groups in total. The van der Waals surface area contributed by atoms with Crippen LogP contribution in [0, 0.1) is 11.3 Å². The number of aryl methyl sites for hydroxylation is 1. The van der Waals surface area contributed by atoms with Crippen molar-refractivity contribution >= 4 is 11.7 Å². The molecular weight excluding hydrogens is 362 g/mol. The van der Waals surface area contributed by atoms with Gasteiger partial charge in [-0.2, -0.15) is 0 Å². The van der Waals surface area contributed by atoms with Crippen LogP contribution in [0.15, 0.2) is 29.9 Å². The van der Waals surface area contributed by atoms with Crippen LogP contribution in [0.2, 0.25) is 0 Å². The van der Waals surface area contributed by atoms with E-state index < -0.39 is 11.4 Å². The molecule has 158 valence electrons. The van der Waals surface area contributed by atoms with Crippen LogP contribution < -0.4 is 0 Å². The van der Waals surface area contributed by atoms with E-state index in [1.165, 1.54) is 16.7 Å². The molecule has 0 amide bonds. The quantitative estimate of drug-likeness (QED) is 0.284. The van der Waals surface area contributed by atoms with Crippen molar-refractivity contribution in [3.8, 4) is 0 Å². The van der Waals surface area contributed by atoms with Gasteiger partial charge in [0.15, 0.2) is 0 Å². The van der Waals surface area contributed by atoms with Gasteiger partial charge in [-0.1, -0.05) is 51.1 Å². The predicted octanol–water partition coefficient (Wildman–Crippen LogP) is 5.83. The Labute approximate surface area is 175 Å². The fraction of sp³-hybridized carbons (Fsp3) is 0.600. The zero-order valence-corrected chi connectivity index (χ0v) is 18.5. The summed E-state index contributed by atoms with van der Waals surface area (Å²) in [6, 6.07) is 4.64. The van der Waals surface area contributed by atoms with Crippen LogP contribution in [-0.4, -0.2) is 23.4 Å². The van der Waals surface area contributed by atoms with Crippen molar-refractivity contribution in [2.24, 2.45) is 16.5 Å². The number of carbonyl (C=O) groups is 1. The summed E-state index contributed by atoms with van der Waals surface area (Å²) >= 11 is 0. The number of hydrogen-bond donors (Lipinski definition) is 1. The largest absolute Gasteiger partial charge is 0.481 e. The molecule has 2 unspecified atom stereocenters. The minimum absolute atomic E-state index is 0.120. The van der Waals surface area contributed by atoms with Gasteiger partial charge in [0.05, 0.1) is 11.1 Å². The number of oxime groups is 1. The first-order valence-electron chi connectivity index (χ1n) is 10.8. The van der Waals surface area contributed by atoms with Gasteiger partial charge in [0.2, 0.25) is 0 Å². The lowest BCUT2D eigenvalue weighted by molar-refractivity contribution is -0.157. The van der Waals surface area contributed by atoms with Gasteiger partial charge >= 0.3 is 5.97 Å². The van der Waals surface area contributed by atoms with E-state index in [9.17, 15) is 9.90 Å². The Balaban J connectivity index is 2.13. The molecular formula is C25H35NO3. The van der Waals surface area contributed by atoms with E-state index in [0.29, 0.717) is 12.5 Å². The minimum Gasteiger partial charge on any atom is -0.481 e. The number of fused-ring (bicyclic) bond motifs is 3. The Hall–Kier alpha value is -2.10. The summed E-state index contributed by atoms with van der Waals surface area (Å²) in [5.74, 6) is -0.117. The number of carboxylic acid groups (broad SMARTS) is 1. The molecule has 1 saturated carbocycles. The summed E-state index contributed by atoms with van der Waals surface area (Å²) in [7, 11) is 0. The molecule has 3 rings (SSSR count). The summed E-state index contributed by atoms with van der Waals surface area (Å²) < 4.78 is 0. The first kappa shape index (κ1) is 21.6. The maximum atomic E-state index is 12.2. The predicted molar refractivity (Wildman–Crippen MR) is 118 cm³/mol. The lowest BCUT2D eigenvalue weighted by Gasteiger charge is -2.53. The molecule has 0 radical (unpaired) electrons. The molecule has 3 atom stereocenters. The van der Waals surface area contributed by atoms with Gasteiger partial charge in [0.25, 0.3) is 0 Å². The maximum absolute atomic E-state index is 12.2. The lowest BCUT2D eigenvalue weighted by atomic mass is 9.49. The Bertz CT molecular complexity index is 841. The average Bonchev–Trinajstić information content (AvgIpc) is 2.66. The van der Waals surface area contributed by atoms with Gasteiger partial charge in [-0.25, -0.2) is 0 Å². The molecule has 0 saturated heterocycles. The van der Waals surface area contributed by atoms with Crippen molar-refractivity contribution in [1.82, 2.24) is 0 Å². The molecule has 4 heteroatoms. The highest BCUT2D eigenvalue weighted by Gasteiger charge is 2.55. The van der Waals surface area contributed by atoms with E-state index in [-0.39, 0.29) is 11.3 Å². The second-order valence-corrected chi connectivity index (χ2v) is 9.60. The molecule has 2 aliphatic carbocycles. The number of aliphatic carboxylic acids is 1.